The van der Waals surface area contributed by atoms with Crippen LogP contribution < -0.4 is 0 Å². The molecule has 0 radical (unpaired) electrons. The number of aromatic nitrogens is 3. The zero-order chi connectivity index (χ0) is 36.6. The molecular formula is C51H33N3O. The van der Waals surface area contributed by atoms with Crippen LogP contribution in [-0.4, -0.2) is 15.0 Å². The summed E-state index contributed by atoms with van der Waals surface area (Å²) in [6.45, 7) is 0. The van der Waals surface area contributed by atoms with Crippen LogP contribution in [0.15, 0.2) is 205 Å². The van der Waals surface area contributed by atoms with Gasteiger partial charge in [-0.15, -0.1) is 0 Å². The normalized spacial score (nSPS) is 11.3. The van der Waals surface area contributed by atoms with E-state index in [0.29, 0.717) is 17.5 Å². The fourth-order valence-electron chi connectivity index (χ4n) is 7.31. The predicted molar refractivity (Wildman–Crippen MR) is 225 cm³/mol. The third kappa shape index (κ3) is 6.26. The van der Waals surface area contributed by atoms with Crippen molar-refractivity contribution in [3.63, 3.8) is 0 Å². The van der Waals surface area contributed by atoms with E-state index in [4.69, 9.17) is 19.4 Å². The van der Waals surface area contributed by atoms with Crippen LogP contribution in [0.25, 0.3) is 101 Å². The summed E-state index contributed by atoms with van der Waals surface area (Å²) in [6, 6.07) is 69.3. The maximum Gasteiger partial charge on any atom is 0.164 e. The summed E-state index contributed by atoms with van der Waals surface area (Å²) in [5.74, 6) is 1.82. The molecule has 0 amide bonds. The van der Waals surface area contributed by atoms with E-state index in [1.165, 1.54) is 16.7 Å². The van der Waals surface area contributed by atoms with E-state index in [0.717, 1.165) is 66.4 Å². The van der Waals surface area contributed by atoms with Gasteiger partial charge >= 0.3 is 0 Å². The molecule has 0 fully saturated rings. The number of nitrogens with zero attached hydrogens (tertiary/aromatic N) is 3. The smallest absolute Gasteiger partial charge is 0.164 e. The number of hydrogen-bond acceptors (Lipinski definition) is 4. The molecular weight excluding hydrogens is 671 g/mol. The van der Waals surface area contributed by atoms with Crippen molar-refractivity contribution in [2.75, 3.05) is 0 Å². The highest BCUT2D eigenvalue weighted by Crippen LogP contribution is 2.40. The summed E-state index contributed by atoms with van der Waals surface area (Å²) < 4.78 is 6.41. The van der Waals surface area contributed by atoms with Gasteiger partial charge in [0, 0.05) is 27.5 Å². The van der Waals surface area contributed by atoms with Gasteiger partial charge in [0.1, 0.15) is 11.2 Å². The Hall–Kier alpha value is -7.43. The molecule has 4 heteroatoms. The minimum absolute atomic E-state index is 0.596. The maximum absolute atomic E-state index is 6.41. The molecule has 258 valence electrons. The molecule has 2 heterocycles. The van der Waals surface area contributed by atoms with Gasteiger partial charge in [-0.05, 0) is 62.7 Å². The van der Waals surface area contributed by atoms with Gasteiger partial charge in [-0.25, -0.2) is 15.0 Å². The van der Waals surface area contributed by atoms with Crippen LogP contribution in [0.5, 0.6) is 0 Å². The SMILES string of the molecule is c1ccc(-c2ccc(-c3ccc(-c4nc(-c5ccccc5)nc(-c5cc6c(cc5-c5ccc(-c7ccccc7)cc5)oc5ccccc56)n4)cc3)cc2)cc1. The Balaban J connectivity index is 1.10. The number of rotatable bonds is 7. The first kappa shape index (κ1) is 32.2. The maximum atomic E-state index is 6.41. The minimum atomic E-state index is 0.596. The molecule has 2 aromatic heterocycles. The summed E-state index contributed by atoms with van der Waals surface area (Å²) in [5, 5.41) is 2.07. The predicted octanol–water partition coefficient (Wildman–Crippen LogP) is 13.4. The summed E-state index contributed by atoms with van der Waals surface area (Å²) in [6.07, 6.45) is 0. The highest BCUT2D eigenvalue weighted by molar-refractivity contribution is 6.08. The second kappa shape index (κ2) is 13.8. The molecule has 0 N–H and O–H groups in total. The quantitative estimate of drug-likeness (QED) is 0.166. The van der Waals surface area contributed by atoms with Crippen molar-refractivity contribution in [1.29, 1.82) is 0 Å². The van der Waals surface area contributed by atoms with Gasteiger partial charge in [-0.2, -0.15) is 0 Å². The molecule has 0 saturated heterocycles. The van der Waals surface area contributed by atoms with E-state index in [2.05, 4.69) is 140 Å². The molecule has 0 saturated carbocycles. The van der Waals surface area contributed by atoms with Crippen LogP contribution in [0.3, 0.4) is 0 Å². The first-order chi connectivity index (χ1) is 27.2. The van der Waals surface area contributed by atoms with Gasteiger partial charge in [0.15, 0.2) is 17.5 Å². The van der Waals surface area contributed by atoms with Gasteiger partial charge in [-0.1, -0.05) is 182 Å². The Morgan fingerprint density at radius 3 is 1.16 bits per heavy atom. The number of hydrogen-bond donors (Lipinski definition) is 0. The topological polar surface area (TPSA) is 51.8 Å². The lowest BCUT2D eigenvalue weighted by molar-refractivity contribution is 0.669. The Morgan fingerprint density at radius 1 is 0.255 bits per heavy atom. The molecule has 4 nitrogen and oxygen atoms in total. The highest BCUT2D eigenvalue weighted by Gasteiger charge is 2.19. The number of benzene rings is 8. The van der Waals surface area contributed by atoms with Crippen molar-refractivity contribution in [3.8, 4) is 78.7 Å². The second-order valence-electron chi connectivity index (χ2n) is 13.6. The van der Waals surface area contributed by atoms with Crippen LogP contribution in [-0.2, 0) is 0 Å². The number of para-hydroxylation sites is 1. The first-order valence-corrected chi connectivity index (χ1v) is 18.4. The summed E-state index contributed by atoms with van der Waals surface area (Å²) in [5.41, 5.74) is 13.4. The lowest BCUT2D eigenvalue weighted by Gasteiger charge is -2.13. The summed E-state index contributed by atoms with van der Waals surface area (Å²) >= 11 is 0. The van der Waals surface area contributed by atoms with Gasteiger partial charge in [0.2, 0.25) is 0 Å². The summed E-state index contributed by atoms with van der Waals surface area (Å²) in [4.78, 5) is 15.4. The fraction of sp³-hybridized carbons (Fsp3) is 0. The van der Waals surface area contributed by atoms with Crippen LogP contribution in [0.4, 0.5) is 0 Å². The molecule has 0 atom stereocenters. The van der Waals surface area contributed by atoms with E-state index in [1.54, 1.807) is 0 Å². The van der Waals surface area contributed by atoms with E-state index >= 15 is 0 Å². The van der Waals surface area contributed by atoms with Crippen LogP contribution in [0.2, 0.25) is 0 Å². The third-order valence-corrected chi connectivity index (χ3v) is 10.2. The molecule has 55 heavy (non-hydrogen) atoms. The third-order valence-electron chi connectivity index (χ3n) is 10.2. The van der Waals surface area contributed by atoms with Gasteiger partial charge < -0.3 is 4.42 Å². The standard InChI is InChI=1S/C51H33N3O/c1-4-12-34(13-5-1)36-20-22-38(23-21-36)39-26-30-42(31-27-39)50-52-49(41-16-8-3-9-17-41)53-51(54-50)46-32-45-43-18-10-11-19-47(43)55-48(45)33-44(46)40-28-24-37(25-29-40)35-14-6-2-7-15-35/h1-33H. The van der Waals surface area contributed by atoms with E-state index in [-0.39, 0.29) is 0 Å². The van der Waals surface area contributed by atoms with Crippen molar-refractivity contribution >= 4 is 21.9 Å². The van der Waals surface area contributed by atoms with E-state index in [9.17, 15) is 0 Å². The average molecular weight is 704 g/mol. The monoisotopic (exact) mass is 703 g/mol. The van der Waals surface area contributed by atoms with Crippen LogP contribution in [0, 0.1) is 0 Å². The largest absolute Gasteiger partial charge is 0.456 e. The zero-order valence-corrected chi connectivity index (χ0v) is 29.8. The molecule has 10 aromatic rings. The zero-order valence-electron chi connectivity index (χ0n) is 29.8. The van der Waals surface area contributed by atoms with Crippen molar-refractivity contribution < 1.29 is 4.42 Å². The molecule has 10 rings (SSSR count). The van der Waals surface area contributed by atoms with Gasteiger partial charge in [-0.3, -0.25) is 0 Å². The highest BCUT2D eigenvalue weighted by atomic mass is 16.3. The van der Waals surface area contributed by atoms with Crippen LogP contribution in [0.1, 0.15) is 0 Å². The van der Waals surface area contributed by atoms with Crippen LogP contribution >= 0.6 is 0 Å². The molecule has 0 aliphatic carbocycles. The molecule has 0 spiro atoms. The Morgan fingerprint density at radius 2 is 0.636 bits per heavy atom. The molecule has 0 unspecified atom stereocenters. The Labute approximate surface area is 319 Å². The summed E-state index contributed by atoms with van der Waals surface area (Å²) in [7, 11) is 0. The van der Waals surface area contributed by atoms with Gasteiger partial charge in [0.05, 0.1) is 0 Å². The van der Waals surface area contributed by atoms with Gasteiger partial charge in [0.25, 0.3) is 0 Å². The molecule has 0 bridgehead atoms. The van der Waals surface area contributed by atoms with E-state index < -0.39 is 0 Å². The second-order valence-corrected chi connectivity index (χ2v) is 13.6. The lowest BCUT2D eigenvalue weighted by atomic mass is 9.95. The van der Waals surface area contributed by atoms with E-state index in [1.807, 2.05) is 60.7 Å². The average Bonchev–Trinajstić information content (AvgIpc) is 3.64. The molecule has 8 aromatic carbocycles. The Kier molecular flexibility index (Phi) is 8.12. The fourth-order valence-corrected chi connectivity index (χ4v) is 7.31. The minimum Gasteiger partial charge on any atom is -0.456 e. The van der Waals surface area contributed by atoms with Crippen molar-refractivity contribution in [2.45, 2.75) is 0 Å². The molecule has 0 aliphatic heterocycles. The lowest BCUT2D eigenvalue weighted by Crippen LogP contribution is -2.01. The van der Waals surface area contributed by atoms with Crippen molar-refractivity contribution in [3.05, 3.63) is 200 Å². The van der Waals surface area contributed by atoms with Crippen molar-refractivity contribution in [2.24, 2.45) is 0 Å². The molecule has 0 aliphatic rings. The van der Waals surface area contributed by atoms with Crippen molar-refractivity contribution in [1.82, 2.24) is 15.0 Å². The first-order valence-electron chi connectivity index (χ1n) is 18.4. The number of fused-ring (bicyclic) bond motifs is 3. The number of furan rings is 1. The Bertz CT molecular complexity index is 2920.